The summed E-state index contributed by atoms with van der Waals surface area (Å²) in [4.78, 5) is 0. The van der Waals surface area contributed by atoms with Crippen LogP contribution in [-0.2, 0) is 0 Å². The number of aryl methyl sites for hydroxylation is 1. The molecule has 0 saturated heterocycles. The van der Waals surface area contributed by atoms with Crippen molar-refractivity contribution in [3.63, 3.8) is 0 Å². The number of benzene rings is 2. The van der Waals surface area contributed by atoms with Gasteiger partial charge in [0.2, 0.25) is 0 Å². The van der Waals surface area contributed by atoms with Gasteiger partial charge in [0.15, 0.2) is 0 Å². The maximum absolute atomic E-state index is 9.30. The summed E-state index contributed by atoms with van der Waals surface area (Å²) in [5.41, 5.74) is 2.78. The highest BCUT2D eigenvalue weighted by Crippen LogP contribution is 2.21. The molecule has 0 saturated carbocycles. The molecule has 0 aromatic heterocycles. The molecule has 0 bridgehead atoms. The van der Waals surface area contributed by atoms with Crippen LogP contribution in [0.1, 0.15) is 35.4 Å². The minimum absolute atomic E-state index is 0.158. The van der Waals surface area contributed by atoms with Gasteiger partial charge in [-0.05, 0) is 49.6 Å². The molecule has 110 valence electrons. The molecule has 0 aliphatic rings. The smallest absolute Gasteiger partial charge is 0.119 e. The first-order chi connectivity index (χ1) is 10.7. The van der Waals surface area contributed by atoms with Crippen molar-refractivity contribution >= 4 is 0 Å². The Labute approximate surface area is 131 Å². The molecule has 0 aliphatic carbocycles. The Bertz CT molecular complexity index is 675. The number of hydrogen-bond acceptors (Lipinski definition) is 3. The fraction of sp³-hybridized carbons (Fsp3) is 0.263. The van der Waals surface area contributed by atoms with Gasteiger partial charge in [-0.2, -0.15) is 10.5 Å². The van der Waals surface area contributed by atoms with E-state index in [4.69, 9.17) is 10.00 Å². The lowest BCUT2D eigenvalue weighted by Crippen LogP contribution is -2.02. The minimum atomic E-state index is -0.158. The van der Waals surface area contributed by atoms with Crippen molar-refractivity contribution in [2.45, 2.75) is 25.7 Å². The highest BCUT2D eigenvalue weighted by Gasteiger charge is 2.10. The number of nitriles is 2. The summed E-state index contributed by atoms with van der Waals surface area (Å²) in [5, 5.41) is 18.1. The number of hydrogen-bond donors (Lipinski definition) is 0. The molecule has 2 rings (SSSR count). The molecule has 0 spiro atoms. The molecule has 1 unspecified atom stereocenters. The number of nitrogens with zero attached hydrogens (tertiary/aromatic N) is 2. The predicted octanol–water partition coefficient (Wildman–Crippen LogP) is 4.33. The lowest BCUT2D eigenvalue weighted by atomic mass is 9.95. The largest absolute Gasteiger partial charge is 0.494 e. The topological polar surface area (TPSA) is 56.8 Å². The van der Waals surface area contributed by atoms with Crippen LogP contribution in [0.25, 0.3) is 0 Å². The quantitative estimate of drug-likeness (QED) is 0.744. The van der Waals surface area contributed by atoms with Crippen molar-refractivity contribution < 1.29 is 4.74 Å². The van der Waals surface area contributed by atoms with Crippen LogP contribution >= 0.6 is 0 Å². The summed E-state index contributed by atoms with van der Waals surface area (Å²) in [5.74, 6) is 0.701. The minimum Gasteiger partial charge on any atom is -0.494 e. The molecule has 22 heavy (non-hydrogen) atoms. The zero-order chi connectivity index (χ0) is 15.8. The molecule has 0 aliphatic heterocycles. The van der Waals surface area contributed by atoms with E-state index < -0.39 is 0 Å². The van der Waals surface area contributed by atoms with Gasteiger partial charge >= 0.3 is 0 Å². The SMILES string of the molecule is Cc1ccc(OCCCC(C#N)c2ccc(C#N)cc2)cc1. The van der Waals surface area contributed by atoms with Crippen LogP contribution in [0.2, 0.25) is 0 Å². The molecular weight excluding hydrogens is 272 g/mol. The molecule has 3 heteroatoms. The van der Waals surface area contributed by atoms with Crippen LogP contribution in [0.15, 0.2) is 48.5 Å². The summed E-state index contributed by atoms with van der Waals surface area (Å²) >= 11 is 0. The van der Waals surface area contributed by atoms with Gasteiger partial charge in [-0.1, -0.05) is 29.8 Å². The van der Waals surface area contributed by atoms with Crippen LogP contribution in [0.4, 0.5) is 0 Å². The summed E-state index contributed by atoms with van der Waals surface area (Å²) in [6.45, 7) is 2.64. The van der Waals surface area contributed by atoms with E-state index in [0.717, 1.165) is 24.2 Å². The van der Waals surface area contributed by atoms with Gasteiger partial charge in [0.1, 0.15) is 5.75 Å². The lowest BCUT2D eigenvalue weighted by molar-refractivity contribution is 0.305. The molecule has 0 fully saturated rings. The molecule has 0 amide bonds. The highest BCUT2D eigenvalue weighted by atomic mass is 16.5. The van der Waals surface area contributed by atoms with Gasteiger partial charge < -0.3 is 4.74 Å². The van der Waals surface area contributed by atoms with Crippen molar-refractivity contribution in [3.05, 3.63) is 65.2 Å². The van der Waals surface area contributed by atoms with E-state index in [1.54, 1.807) is 12.1 Å². The van der Waals surface area contributed by atoms with Crippen LogP contribution in [0.5, 0.6) is 5.75 Å². The van der Waals surface area contributed by atoms with Crippen LogP contribution in [0, 0.1) is 29.6 Å². The average molecular weight is 290 g/mol. The molecule has 0 radical (unpaired) electrons. The maximum atomic E-state index is 9.30. The average Bonchev–Trinajstić information content (AvgIpc) is 2.57. The van der Waals surface area contributed by atoms with Crippen LogP contribution < -0.4 is 4.74 Å². The summed E-state index contributed by atoms with van der Waals surface area (Å²) < 4.78 is 5.68. The third-order valence-electron chi connectivity index (χ3n) is 3.52. The van der Waals surface area contributed by atoms with E-state index in [1.165, 1.54) is 5.56 Å². The third kappa shape index (κ3) is 4.36. The van der Waals surface area contributed by atoms with Crippen molar-refractivity contribution in [1.82, 2.24) is 0 Å². The first-order valence-electron chi connectivity index (χ1n) is 7.32. The molecule has 2 aromatic carbocycles. The summed E-state index contributed by atoms with van der Waals surface area (Å²) in [6.07, 6.45) is 1.56. The predicted molar refractivity (Wildman–Crippen MR) is 85.4 cm³/mol. The Balaban J connectivity index is 1.82. The molecule has 0 heterocycles. The third-order valence-corrected chi connectivity index (χ3v) is 3.52. The standard InChI is InChI=1S/C19H18N2O/c1-15-4-10-19(11-5-15)22-12-2-3-18(14-21)17-8-6-16(13-20)7-9-17/h4-11,18H,2-3,12H2,1H3. The second-order valence-corrected chi connectivity index (χ2v) is 5.22. The Morgan fingerprint density at radius 3 is 2.27 bits per heavy atom. The lowest BCUT2D eigenvalue weighted by Gasteiger charge is -2.10. The molecule has 1 atom stereocenters. The van der Waals surface area contributed by atoms with E-state index in [1.807, 2.05) is 43.3 Å². The van der Waals surface area contributed by atoms with Crippen LogP contribution in [-0.4, -0.2) is 6.61 Å². The van der Waals surface area contributed by atoms with Crippen molar-refractivity contribution in [2.24, 2.45) is 0 Å². The summed E-state index contributed by atoms with van der Waals surface area (Å²) in [6, 6.07) is 19.6. The number of ether oxygens (including phenoxy) is 1. The Morgan fingerprint density at radius 1 is 1.00 bits per heavy atom. The first-order valence-corrected chi connectivity index (χ1v) is 7.32. The van der Waals surface area contributed by atoms with E-state index in [0.29, 0.717) is 12.2 Å². The van der Waals surface area contributed by atoms with Gasteiger partial charge in [-0.25, -0.2) is 0 Å². The van der Waals surface area contributed by atoms with Gasteiger partial charge in [-0.15, -0.1) is 0 Å². The van der Waals surface area contributed by atoms with Crippen molar-refractivity contribution in [2.75, 3.05) is 6.61 Å². The maximum Gasteiger partial charge on any atom is 0.119 e. The van der Waals surface area contributed by atoms with Crippen molar-refractivity contribution in [3.8, 4) is 17.9 Å². The van der Waals surface area contributed by atoms with Gasteiger partial charge in [0.05, 0.1) is 30.2 Å². The summed E-state index contributed by atoms with van der Waals surface area (Å²) in [7, 11) is 0. The van der Waals surface area contributed by atoms with E-state index in [2.05, 4.69) is 12.1 Å². The molecule has 2 aromatic rings. The fourth-order valence-corrected chi connectivity index (χ4v) is 2.21. The molecule has 0 N–H and O–H groups in total. The first kappa shape index (κ1) is 15.6. The second kappa shape index (κ2) is 7.86. The highest BCUT2D eigenvalue weighted by molar-refractivity contribution is 5.34. The van der Waals surface area contributed by atoms with Crippen LogP contribution in [0.3, 0.4) is 0 Å². The van der Waals surface area contributed by atoms with Gasteiger partial charge in [0, 0.05) is 0 Å². The van der Waals surface area contributed by atoms with Crippen molar-refractivity contribution in [1.29, 1.82) is 10.5 Å². The molecular formula is C19H18N2O. The second-order valence-electron chi connectivity index (χ2n) is 5.22. The Kier molecular flexibility index (Phi) is 5.57. The van der Waals surface area contributed by atoms with Gasteiger partial charge in [0.25, 0.3) is 0 Å². The van der Waals surface area contributed by atoms with Gasteiger partial charge in [-0.3, -0.25) is 0 Å². The zero-order valence-corrected chi connectivity index (χ0v) is 12.6. The normalized spacial score (nSPS) is 11.2. The van der Waals surface area contributed by atoms with E-state index >= 15 is 0 Å². The number of rotatable bonds is 6. The Morgan fingerprint density at radius 2 is 1.68 bits per heavy atom. The fourth-order valence-electron chi connectivity index (χ4n) is 2.21. The molecule has 3 nitrogen and oxygen atoms in total. The van der Waals surface area contributed by atoms with E-state index in [9.17, 15) is 5.26 Å². The van der Waals surface area contributed by atoms with E-state index in [-0.39, 0.29) is 5.92 Å². The monoisotopic (exact) mass is 290 g/mol. The Hall–Kier alpha value is -2.78. The zero-order valence-electron chi connectivity index (χ0n) is 12.6.